The Morgan fingerprint density at radius 1 is 0.419 bits per heavy atom. The van der Waals surface area contributed by atoms with Crippen LogP contribution in [0.3, 0.4) is 0 Å². The highest BCUT2D eigenvalue weighted by Gasteiger charge is 2.52. The Hall–Kier alpha value is -7.24. The van der Waals surface area contributed by atoms with Crippen LogP contribution < -0.4 is 31.3 Å². The number of furan rings is 1. The third-order valence-corrected chi connectivity index (χ3v) is 22.7. The highest BCUT2D eigenvalue weighted by atomic mass is 16.3. The van der Waals surface area contributed by atoms with Gasteiger partial charge in [0.05, 0.1) is 22.7 Å². The van der Waals surface area contributed by atoms with Gasteiger partial charge in [-0.3, -0.25) is 0 Å². The van der Waals surface area contributed by atoms with Gasteiger partial charge in [-0.15, -0.1) is 0 Å². The molecule has 4 aliphatic carbocycles. The predicted molar refractivity (Wildman–Crippen MR) is 367 cm³/mol. The molecule has 86 heavy (non-hydrogen) atoms. The first-order chi connectivity index (χ1) is 40.5. The summed E-state index contributed by atoms with van der Waals surface area (Å²) in [5.41, 5.74) is 30.2. The van der Waals surface area contributed by atoms with E-state index in [-0.39, 0.29) is 50.0 Å². The maximum atomic E-state index is 7.97. The van der Waals surface area contributed by atoms with Crippen molar-refractivity contribution in [3.05, 3.63) is 202 Å². The van der Waals surface area contributed by atoms with E-state index in [2.05, 4.69) is 284 Å². The van der Waals surface area contributed by atoms with Crippen molar-refractivity contribution >= 4 is 85.5 Å². The number of benzene rings is 8. The second-order valence-corrected chi connectivity index (χ2v) is 32.5. The second-order valence-electron chi connectivity index (χ2n) is 32.5. The van der Waals surface area contributed by atoms with Crippen LogP contribution >= 0.6 is 0 Å². The Morgan fingerprint density at radius 3 is 1.57 bits per heavy atom. The van der Waals surface area contributed by atoms with E-state index >= 15 is 0 Å². The number of nitrogens with zero attached hydrogens (tertiary/aromatic N) is 3. The van der Waals surface area contributed by atoms with Gasteiger partial charge in [0.15, 0.2) is 0 Å². The predicted octanol–water partition coefficient (Wildman–Crippen LogP) is 20.6. The molecule has 0 saturated heterocycles. The molecule has 0 saturated carbocycles. The molecule has 0 fully saturated rings. The fraction of sp³-hybridized carbons (Fsp3) is 0.383. The van der Waals surface area contributed by atoms with Crippen molar-refractivity contribution < 1.29 is 4.42 Å². The molecule has 0 spiro atoms. The molecule has 5 heteroatoms. The molecule has 15 rings (SSSR count). The zero-order chi connectivity index (χ0) is 60.4. The molecular formula is C81H88BN3O. The summed E-state index contributed by atoms with van der Waals surface area (Å²) >= 11 is 0. The molecule has 0 amide bonds. The van der Waals surface area contributed by atoms with Crippen LogP contribution in [0.25, 0.3) is 22.1 Å². The van der Waals surface area contributed by atoms with E-state index in [0.717, 1.165) is 66.8 Å². The van der Waals surface area contributed by atoms with Gasteiger partial charge in [-0.25, -0.2) is 0 Å². The molecule has 3 heterocycles. The molecule has 1 aromatic heterocycles. The molecule has 4 nitrogen and oxygen atoms in total. The maximum Gasteiger partial charge on any atom is 0.297 e. The van der Waals surface area contributed by atoms with Crippen LogP contribution in [-0.4, -0.2) is 6.71 Å². The minimum atomic E-state index is -0.292. The van der Waals surface area contributed by atoms with Gasteiger partial charge in [0, 0.05) is 44.9 Å². The van der Waals surface area contributed by atoms with Crippen LogP contribution in [0.1, 0.15) is 206 Å². The number of fused-ring (bicyclic) bond motifs is 12. The van der Waals surface area contributed by atoms with Gasteiger partial charge < -0.3 is 19.1 Å². The lowest BCUT2D eigenvalue weighted by Gasteiger charge is -2.47. The quantitative estimate of drug-likeness (QED) is 0.160. The number of anilines is 9. The number of hydrogen-bond donors (Lipinski definition) is 0. The fourth-order valence-corrected chi connectivity index (χ4v) is 17.1. The van der Waals surface area contributed by atoms with Crippen LogP contribution in [-0.2, 0) is 43.3 Å². The van der Waals surface area contributed by atoms with Gasteiger partial charge >= 0.3 is 0 Å². The Balaban J connectivity index is 1.13. The van der Waals surface area contributed by atoms with E-state index in [1.54, 1.807) is 0 Å². The van der Waals surface area contributed by atoms with Gasteiger partial charge in [-0.2, -0.15) is 0 Å². The summed E-state index contributed by atoms with van der Waals surface area (Å²) in [4.78, 5) is 7.97. The van der Waals surface area contributed by atoms with Gasteiger partial charge in [0.2, 0.25) is 0 Å². The number of hydrogen-bond acceptors (Lipinski definition) is 4. The molecule has 2 aliphatic heterocycles. The van der Waals surface area contributed by atoms with Crippen molar-refractivity contribution in [3.8, 4) is 11.1 Å². The summed E-state index contributed by atoms with van der Waals surface area (Å²) in [5, 5.41) is 1.20. The van der Waals surface area contributed by atoms with E-state index in [0.29, 0.717) is 0 Å². The summed E-state index contributed by atoms with van der Waals surface area (Å²) in [6.45, 7) is 41.4. The monoisotopic (exact) mass is 1130 g/mol. The van der Waals surface area contributed by atoms with Crippen LogP contribution in [0.4, 0.5) is 51.2 Å². The van der Waals surface area contributed by atoms with Crippen LogP contribution in [0.2, 0.25) is 0 Å². The first-order valence-corrected chi connectivity index (χ1v) is 32.4. The number of rotatable bonds is 5. The van der Waals surface area contributed by atoms with Crippen LogP contribution in [0.5, 0.6) is 0 Å². The van der Waals surface area contributed by atoms with Gasteiger partial charge in [0.1, 0.15) is 5.58 Å². The SMILES string of the molecule is CC(C)(C)c1ccc(N(c2ccccc2)c2cc3c4c(c2)N(c2ccc5c(c2)C(C)(C)CCC5(C)C)c2c(oc5cc6c(cc25)C(C)(C)CCC6(C)C)B4c2cc4c(cc2N3c2cccc3c2C(C)(C)c2ccccc2-3)C(C)(C)CCC4(C)C)cc1. The normalized spacial score (nSPS) is 19.8. The van der Waals surface area contributed by atoms with E-state index in [1.165, 1.54) is 112 Å². The Labute approximate surface area is 514 Å². The smallest absolute Gasteiger partial charge is 0.297 e. The summed E-state index contributed by atoms with van der Waals surface area (Å²) < 4.78 is 7.97. The summed E-state index contributed by atoms with van der Waals surface area (Å²) in [6.07, 6.45) is 6.80. The molecule has 0 radical (unpaired) electrons. The Kier molecular flexibility index (Phi) is 11.6. The third-order valence-electron chi connectivity index (χ3n) is 22.7. The second kappa shape index (κ2) is 18.0. The molecule has 0 N–H and O–H groups in total. The standard InChI is InChI=1S/C81H88BN3O/c1-74(2,3)49-30-32-51(33-31-49)83(50-24-19-18-20-25-50)53-43-67-71-68(44-53)85(65-29-23-27-55-54-26-21-22-28-57(54)81(16,17)70(55)65)66-47-62-61(78(10,11)39-40-79(62,12)13)46-64(66)82(71)73-72(56-45-60-63(48-69(56)86-73)80(14,15)41-38-77(60,8)9)84(67)52-34-35-58-59(42-52)76(6,7)37-36-75(58,4)5/h18-35,42-48H,36-41H2,1-17H3. The van der Waals surface area contributed by atoms with Gasteiger partial charge in [-0.1, -0.05) is 197 Å². The highest BCUT2D eigenvalue weighted by Crippen LogP contribution is 2.59. The molecule has 0 unspecified atom stereocenters. The van der Waals surface area contributed by atoms with E-state index in [9.17, 15) is 0 Å². The van der Waals surface area contributed by atoms with Crippen molar-refractivity contribution in [2.45, 2.75) is 200 Å². The van der Waals surface area contributed by atoms with E-state index < -0.39 is 0 Å². The molecule has 436 valence electrons. The summed E-state index contributed by atoms with van der Waals surface area (Å²) in [7, 11) is 0. The molecule has 9 aromatic rings. The third kappa shape index (κ3) is 7.93. The highest BCUT2D eigenvalue weighted by molar-refractivity contribution is 7.00. The molecule has 0 atom stereocenters. The Morgan fingerprint density at radius 2 is 0.942 bits per heavy atom. The minimum Gasteiger partial charge on any atom is -0.468 e. The van der Waals surface area contributed by atoms with Crippen molar-refractivity contribution in [2.24, 2.45) is 0 Å². The van der Waals surface area contributed by atoms with Crippen molar-refractivity contribution in [2.75, 3.05) is 14.7 Å². The zero-order valence-corrected chi connectivity index (χ0v) is 54.5. The van der Waals surface area contributed by atoms with E-state index in [1.807, 2.05) is 0 Å². The average Bonchev–Trinajstić information content (AvgIpc) is 1.27. The van der Waals surface area contributed by atoms with E-state index in [4.69, 9.17) is 4.42 Å². The van der Waals surface area contributed by atoms with Crippen molar-refractivity contribution in [1.82, 2.24) is 0 Å². The minimum absolute atomic E-state index is 0.00130. The van der Waals surface area contributed by atoms with Crippen LogP contribution in [0.15, 0.2) is 156 Å². The molecule has 0 bridgehead atoms. The molecular weight excluding hydrogens is 1040 g/mol. The number of para-hydroxylation sites is 1. The molecule has 8 aromatic carbocycles. The maximum absolute atomic E-state index is 7.97. The topological polar surface area (TPSA) is 22.9 Å². The van der Waals surface area contributed by atoms with Gasteiger partial charge in [0.25, 0.3) is 6.71 Å². The lowest BCUT2D eigenvalue weighted by molar-refractivity contribution is 0.332. The largest absolute Gasteiger partial charge is 0.468 e. The van der Waals surface area contributed by atoms with Crippen LogP contribution in [0, 0.1) is 0 Å². The summed E-state index contributed by atoms with van der Waals surface area (Å²) in [5.74, 6) is 0. The zero-order valence-electron chi connectivity index (χ0n) is 54.5. The lowest BCUT2D eigenvalue weighted by Crippen LogP contribution is -2.61. The van der Waals surface area contributed by atoms with Gasteiger partial charge in [-0.05, 0) is 221 Å². The first kappa shape index (κ1) is 55.4. The summed E-state index contributed by atoms with van der Waals surface area (Å²) in [6, 6.07) is 60.0. The first-order valence-electron chi connectivity index (χ1n) is 32.4. The molecule has 6 aliphatic rings. The van der Waals surface area contributed by atoms with Crippen molar-refractivity contribution in [1.29, 1.82) is 0 Å². The Bertz CT molecular complexity index is 4330. The fourth-order valence-electron chi connectivity index (χ4n) is 17.1. The van der Waals surface area contributed by atoms with Crippen molar-refractivity contribution in [3.63, 3.8) is 0 Å². The lowest BCUT2D eigenvalue weighted by atomic mass is 9.35. The average molecular weight is 1130 g/mol.